The molecule has 3 rings (SSSR count). The van der Waals surface area contributed by atoms with Gasteiger partial charge in [0.15, 0.2) is 15.6 Å². The fourth-order valence-electron chi connectivity index (χ4n) is 2.43. The molecule has 0 aliphatic heterocycles. The largest absolute Gasteiger partial charge is 0.299 e. The number of halogens is 1. The number of sulfone groups is 1. The minimum Gasteiger partial charge on any atom is -0.299 e. The van der Waals surface area contributed by atoms with E-state index in [9.17, 15) is 18.0 Å². The van der Waals surface area contributed by atoms with Crippen LogP contribution in [-0.2, 0) is 14.6 Å². The Morgan fingerprint density at radius 2 is 2.04 bits per heavy atom. The number of rotatable bonds is 6. The van der Waals surface area contributed by atoms with Crippen LogP contribution in [0.3, 0.4) is 0 Å². The summed E-state index contributed by atoms with van der Waals surface area (Å²) in [4.78, 5) is 28.4. The van der Waals surface area contributed by atoms with Crippen LogP contribution in [0.5, 0.6) is 0 Å². The quantitative estimate of drug-likeness (QED) is 0.564. The molecule has 5 nitrogen and oxygen atoms in total. The van der Waals surface area contributed by atoms with Gasteiger partial charge in [-0.25, -0.2) is 13.4 Å². The fourth-order valence-corrected chi connectivity index (χ4v) is 4.56. The minimum absolute atomic E-state index is 0.0125. The lowest BCUT2D eigenvalue weighted by Gasteiger charge is -2.11. The third-order valence-electron chi connectivity index (χ3n) is 3.82. The molecule has 1 aliphatic carbocycles. The molecule has 24 heavy (non-hydrogen) atoms. The topological polar surface area (TPSA) is 81.2 Å². The van der Waals surface area contributed by atoms with Gasteiger partial charge >= 0.3 is 0 Å². The Balaban J connectivity index is 2.08. The third kappa shape index (κ3) is 3.43. The Morgan fingerprint density at radius 3 is 2.58 bits per heavy atom. The molecule has 1 aromatic heterocycles. The Hall–Kier alpha value is -1.57. The van der Waals surface area contributed by atoms with Crippen LogP contribution < -0.4 is 0 Å². The number of benzene rings is 1. The van der Waals surface area contributed by atoms with E-state index in [1.165, 1.54) is 29.7 Å². The van der Waals surface area contributed by atoms with E-state index in [1.54, 1.807) is 5.38 Å². The van der Waals surface area contributed by atoms with E-state index in [0.29, 0.717) is 5.01 Å². The van der Waals surface area contributed by atoms with Crippen LogP contribution >= 0.6 is 22.9 Å². The van der Waals surface area contributed by atoms with Gasteiger partial charge in [-0.05, 0) is 25.0 Å². The standard InChI is InChI=1S/C16H14ClNO4S2/c1-24(21,22)13-5-4-10(12(20)8-11(19)9-2-3-9)15(17)14(13)16-18-6-7-23-16/h4-7,9H,2-3,8H2,1H3. The average Bonchev–Trinajstić information content (AvgIpc) is 3.22. The molecule has 8 heteroatoms. The summed E-state index contributed by atoms with van der Waals surface area (Å²) in [6.45, 7) is 0. The van der Waals surface area contributed by atoms with Gasteiger partial charge in [0.05, 0.1) is 16.3 Å². The van der Waals surface area contributed by atoms with Crippen LogP contribution in [0.25, 0.3) is 10.6 Å². The molecule has 0 saturated heterocycles. The van der Waals surface area contributed by atoms with E-state index in [0.717, 1.165) is 19.1 Å². The molecule has 0 radical (unpaired) electrons. The number of nitrogens with zero attached hydrogens (tertiary/aromatic N) is 1. The van der Waals surface area contributed by atoms with Gasteiger partial charge in [-0.15, -0.1) is 11.3 Å². The van der Waals surface area contributed by atoms with Crippen molar-refractivity contribution in [2.75, 3.05) is 6.26 Å². The zero-order valence-electron chi connectivity index (χ0n) is 12.8. The summed E-state index contributed by atoms with van der Waals surface area (Å²) in [6.07, 6.45) is 4.07. The van der Waals surface area contributed by atoms with Crippen molar-refractivity contribution >= 4 is 44.3 Å². The zero-order chi connectivity index (χ0) is 17.5. The predicted octanol–water partition coefficient (Wildman–Crippen LogP) is 3.42. The normalized spacial score (nSPS) is 14.6. The van der Waals surface area contributed by atoms with Crippen LogP contribution in [-0.4, -0.2) is 31.2 Å². The highest BCUT2D eigenvalue weighted by atomic mass is 35.5. The van der Waals surface area contributed by atoms with Crippen LogP contribution in [0.15, 0.2) is 28.6 Å². The Morgan fingerprint density at radius 1 is 1.33 bits per heavy atom. The van der Waals surface area contributed by atoms with Gasteiger partial charge in [-0.3, -0.25) is 9.59 Å². The Kier molecular flexibility index (Phi) is 4.59. The van der Waals surface area contributed by atoms with Gasteiger partial charge in [0.1, 0.15) is 10.8 Å². The van der Waals surface area contributed by atoms with Crippen LogP contribution in [0, 0.1) is 5.92 Å². The summed E-state index contributed by atoms with van der Waals surface area (Å²) in [5.74, 6) is -0.490. The predicted molar refractivity (Wildman–Crippen MR) is 92.3 cm³/mol. The highest BCUT2D eigenvalue weighted by Crippen LogP contribution is 2.38. The van der Waals surface area contributed by atoms with Crippen molar-refractivity contribution in [2.45, 2.75) is 24.2 Å². The summed E-state index contributed by atoms with van der Waals surface area (Å²) in [5, 5.41) is 2.15. The van der Waals surface area contributed by atoms with E-state index in [4.69, 9.17) is 11.6 Å². The molecular weight excluding hydrogens is 370 g/mol. The molecule has 1 fully saturated rings. The Bertz CT molecular complexity index is 916. The van der Waals surface area contributed by atoms with E-state index >= 15 is 0 Å². The van der Waals surface area contributed by atoms with E-state index in [1.807, 2.05) is 0 Å². The van der Waals surface area contributed by atoms with Gasteiger partial charge in [-0.1, -0.05) is 11.6 Å². The average molecular weight is 384 g/mol. The second-order valence-electron chi connectivity index (χ2n) is 5.75. The van der Waals surface area contributed by atoms with Crippen molar-refractivity contribution < 1.29 is 18.0 Å². The van der Waals surface area contributed by atoms with Gasteiger partial charge in [0.25, 0.3) is 0 Å². The molecule has 0 amide bonds. The molecule has 1 saturated carbocycles. The van der Waals surface area contributed by atoms with Gasteiger partial charge in [-0.2, -0.15) is 0 Å². The van der Waals surface area contributed by atoms with E-state index < -0.39 is 15.6 Å². The maximum absolute atomic E-state index is 12.4. The fraction of sp³-hybridized carbons (Fsp3) is 0.312. The van der Waals surface area contributed by atoms with Crippen molar-refractivity contribution in [3.05, 3.63) is 34.3 Å². The van der Waals surface area contributed by atoms with Crippen LogP contribution in [0.4, 0.5) is 0 Å². The lowest BCUT2D eigenvalue weighted by molar-refractivity contribution is -0.119. The smallest absolute Gasteiger partial charge is 0.176 e. The van der Waals surface area contributed by atoms with Crippen molar-refractivity contribution in [1.82, 2.24) is 4.98 Å². The summed E-state index contributed by atoms with van der Waals surface area (Å²) in [5.41, 5.74) is 0.377. The summed E-state index contributed by atoms with van der Waals surface area (Å²) in [6, 6.07) is 2.73. The number of carbonyl (C=O) groups excluding carboxylic acids is 2. The molecule has 2 aromatic rings. The number of carbonyl (C=O) groups is 2. The first-order valence-electron chi connectivity index (χ1n) is 7.27. The molecule has 1 aromatic carbocycles. The lowest BCUT2D eigenvalue weighted by atomic mass is 10.0. The minimum atomic E-state index is -3.55. The second-order valence-corrected chi connectivity index (χ2v) is 9.01. The monoisotopic (exact) mass is 383 g/mol. The second kappa shape index (κ2) is 6.38. The maximum atomic E-state index is 12.4. The molecule has 0 unspecified atom stereocenters. The molecule has 0 bridgehead atoms. The van der Waals surface area contributed by atoms with Gasteiger partial charge in [0, 0.05) is 34.9 Å². The SMILES string of the molecule is CS(=O)(=O)c1ccc(C(=O)CC(=O)C2CC2)c(Cl)c1-c1nccs1. The number of thiazole rings is 1. The molecule has 0 N–H and O–H groups in total. The first-order valence-corrected chi connectivity index (χ1v) is 10.4. The first-order chi connectivity index (χ1) is 11.3. The molecule has 126 valence electrons. The van der Waals surface area contributed by atoms with Crippen molar-refractivity contribution in [2.24, 2.45) is 5.92 Å². The molecule has 1 aliphatic rings. The van der Waals surface area contributed by atoms with Gasteiger partial charge in [0.2, 0.25) is 0 Å². The lowest BCUT2D eigenvalue weighted by Crippen LogP contribution is -2.11. The number of hydrogen-bond donors (Lipinski definition) is 0. The van der Waals surface area contributed by atoms with Crippen molar-refractivity contribution in [3.8, 4) is 10.6 Å². The van der Waals surface area contributed by atoms with Crippen molar-refractivity contribution in [3.63, 3.8) is 0 Å². The highest BCUT2D eigenvalue weighted by Gasteiger charge is 2.32. The van der Waals surface area contributed by atoms with E-state index in [2.05, 4.69) is 4.98 Å². The Labute approximate surface area is 148 Å². The van der Waals surface area contributed by atoms with Crippen molar-refractivity contribution in [1.29, 1.82) is 0 Å². The first kappa shape index (κ1) is 17.3. The summed E-state index contributed by atoms with van der Waals surface area (Å²) >= 11 is 7.59. The zero-order valence-corrected chi connectivity index (χ0v) is 15.2. The van der Waals surface area contributed by atoms with E-state index in [-0.39, 0.29) is 39.2 Å². The number of ketones is 2. The number of aromatic nitrogens is 1. The van der Waals surface area contributed by atoms with Crippen LogP contribution in [0.1, 0.15) is 29.6 Å². The summed E-state index contributed by atoms with van der Waals surface area (Å²) in [7, 11) is -3.55. The maximum Gasteiger partial charge on any atom is 0.176 e. The molecule has 0 atom stereocenters. The van der Waals surface area contributed by atoms with Gasteiger partial charge < -0.3 is 0 Å². The molecule has 0 spiro atoms. The van der Waals surface area contributed by atoms with Crippen LogP contribution in [0.2, 0.25) is 5.02 Å². The molecular formula is C16H14ClNO4S2. The highest BCUT2D eigenvalue weighted by molar-refractivity contribution is 7.90. The summed E-state index contributed by atoms with van der Waals surface area (Å²) < 4.78 is 24.1. The number of Topliss-reactive ketones (excluding diaryl/α,β-unsaturated/α-hetero) is 2. The third-order valence-corrected chi connectivity index (χ3v) is 6.14. The molecule has 1 heterocycles. The number of hydrogen-bond acceptors (Lipinski definition) is 6.